The number of hydrogen-bond donors (Lipinski definition) is 1. The second-order valence-electron chi connectivity index (χ2n) is 7.26. The summed E-state index contributed by atoms with van der Waals surface area (Å²) in [6.07, 6.45) is 0.960. The number of nitrogens with zero attached hydrogens (tertiary/aromatic N) is 2. The molecule has 0 radical (unpaired) electrons. The molecular formula is C23H27N3O2. The molecular weight excluding hydrogens is 350 g/mol. The third-order valence-corrected chi connectivity index (χ3v) is 4.39. The Hall–Kier alpha value is -3.08. The molecule has 3 aromatic rings. The number of rotatable bonds is 7. The van der Waals surface area contributed by atoms with E-state index in [-0.39, 0.29) is 11.9 Å². The lowest BCUT2D eigenvalue weighted by molar-refractivity contribution is -0.121. The second kappa shape index (κ2) is 8.74. The number of benzene rings is 2. The third kappa shape index (κ3) is 4.80. The summed E-state index contributed by atoms with van der Waals surface area (Å²) < 4.78 is 8.09. The van der Waals surface area contributed by atoms with Crippen molar-refractivity contribution < 1.29 is 9.53 Å². The Kier molecular flexibility index (Phi) is 6.14. The Morgan fingerprint density at radius 2 is 1.86 bits per heavy atom. The van der Waals surface area contributed by atoms with Crippen molar-refractivity contribution in [1.82, 2.24) is 15.1 Å². The van der Waals surface area contributed by atoms with E-state index in [1.807, 2.05) is 87.0 Å². The van der Waals surface area contributed by atoms with Crippen molar-refractivity contribution in [3.05, 3.63) is 71.4 Å². The summed E-state index contributed by atoms with van der Waals surface area (Å²) in [4.78, 5) is 12.2. The number of carbonyl (C=O) groups excluding carboxylic acids is 1. The average molecular weight is 377 g/mol. The zero-order valence-electron chi connectivity index (χ0n) is 16.9. The van der Waals surface area contributed by atoms with Gasteiger partial charge in [-0.25, -0.2) is 4.68 Å². The Bertz CT molecular complexity index is 946. The van der Waals surface area contributed by atoms with E-state index in [0.717, 1.165) is 28.3 Å². The summed E-state index contributed by atoms with van der Waals surface area (Å²) in [6, 6.07) is 17.9. The quantitative estimate of drug-likeness (QED) is 0.647. The largest absolute Gasteiger partial charge is 0.439 e. The molecule has 5 heteroatoms. The molecule has 28 heavy (non-hydrogen) atoms. The van der Waals surface area contributed by atoms with Gasteiger partial charge < -0.3 is 10.1 Å². The maximum atomic E-state index is 12.2. The molecule has 0 aliphatic carbocycles. The van der Waals surface area contributed by atoms with Gasteiger partial charge in [0.15, 0.2) is 0 Å². The molecule has 3 rings (SSSR count). The molecule has 0 aliphatic rings. The summed E-state index contributed by atoms with van der Waals surface area (Å²) in [5.74, 6) is 1.44. The van der Waals surface area contributed by atoms with Gasteiger partial charge in [-0.1, -0.05) is 30.3 Å². The average Bonchev–Trinajstić information content (AvgIpc) is 2.95. The smallest absolute Gasteiger partial charge is 0.226 e. The van der Waals surface area contributed by atoms with Crippen LogP contribution in [0.4, 0.5) is 0 Å². The van der Waals surface area contributed by atoms with Crippen LogP contribution in [0.2, 0.25) is 0 Å². The molecule has 1 amide bonds. The second-order valence-corrected chi connectivity index (χ2v) is 7.26. The van der Waals surface area contributed by atoms with Crippen LogP contribution in [0.1, 0.15) is 37.1 Å². The standard InChI is InChI=1S/C23H27N3O2/c1-16(2)24-22(27)14-13-21-18(4)25-26(19-10-6-5-7-11-19)23(21)28-20-12-8-9-17(3)15-20/h5-12,15-16H,13-14H2,1-4H3,(H,24,27). The zero-order chi connectivity index (χ0) is 20.1. The van der Waals surface area contributed by atoms with Gasteiger partial charge in [0, 0.05) is 18.0 Å². The normalized spacial score (nSPS) is 10.9. The predicted octanol–water partition coefficient (Wildman–Crippen LogP) is 4.74. The number of para-hydroxylation sites is 1. The first-order valence-electron chi connectivity index (χ1n) is 9.62. The fourth-order valence-electron chi connectivity index (χ4n) is 3.10. The molecule has 0 spiro atoms. The molecule has 5 nitrogen and oxygen atoms in total. The van der Waals surface area contributed by atoms with Gasteiger partial charge in [-0.15, -0.1) is 0 Å². The third-order valence-electron chi connectivity index (χ3n) is 4.39. The number of amides is 1. The van der Waals surface area contributed by atoms with Gasteiger partial charge in [0.1, 0.15) is 5.75 Å². The first kappa shape index (κ1) is 19.7. The molecule has 0 aliphatic heterocycles. The number of aromatic nitrogens is 2. The molecule has 1 N–H and O–H groups in total. The summed E-state index contributed by atoms with van der Waals surface area (Å²) in [6.45, 7) is 7.91. The maximum absolute atomic E-state index is 12.2. The maximum Gasteiger partial charge on any atom is 0.226 e. The SMILES string of the molecule is Cc1cccc(Oc2c(CCC(=O)NC(C)C)c(C)nn2-c2ccccc2)c1. The van der Waals surface area contributed by atoms with Gasteiger partial charge >= 0.3 is 0 Å². The Morgan fingerprint density at radius 1 is 1.11 bits per heavy atom. The molecule has 2 aromatic carbocycles. The van der Waals surface area contributed by atoms with Crippen LogP contribution < -0.4 is 10.1 Å². The molecule has 0 atom stereocenters. The van der Waals surface area contributed by atoms with Gasteiger partial charge in [-0.2, -0.15) is 5.10 Å². The van der Waals surface area contributed by atoms with E-state index in [1.165, 1.54) is 0 Å². The molecule has 0 saturated carbocycles. The molecule has 0 bridgehead atoms. The van der Waals surface area contributed by atoms with Gasteiger partial charge in [0.2, 0.25) is 11.8 Å². The molecule has 1 heterocycles. The van der Waals surface area contributed by atoms with E-state index in [1.54, 1.807) is 0 Å². The van der Waals surface area contributed by atoms with Crippen molar-refractivity contribution in [2.24, 2.45) is 0 Å². The summed E-state index contributed by atoms with van der Waals surface area (Å²) >= 11 is 0. The number of aryl methyl sites for hydroxylation is 2. The van der Waals surface area contributed by atoms with Gasteiger partial charge in [-0.05, 0) is 63.9 Å². The highest BCUT2D eigenvalue weighted by Crippen LogP contribution is 2.31. The van der Waals surface area contributed by atoms with E-state index in [9.17, 15) is 4.79 Å². The number of nitrogens with one attached hydrogen (secondary N) is 1. The Balaban J connectivity index is 1.96. The van der Waals surface area contributed by atoms with E-state index in [0.29, 0.717) is 18.7 Å². The molecule has 1 aromatic heterocycles. The predicted molar refractivity (Wildman–Crippen MR) is 111 cm³/mol. The number of ether oxygens (including phenoxy) is 1. The van der Waals surface area contributed by atoms with Crippen LogP contribution >= 0.6 is 0 Å². The van der Waals surface area contributed by atoms with Gasteiger partial charge in [-0.3, -0.25) is 4.79 Å². The highest BCUT2D eigenvalue weighted by atomic mass is 16.5. The fourth-order valence-corrected chi connectivity index (χ4v) is 3.10. The minimum Gasteiger partial charge on any atom is -0.439 e. The molecule has 0 unspecified atom stereocenters. The van der Waals surface area contributed by atoms with Crippen LogP contribution in [0.25, 0.3) is 5.69 Å². The topological polar surface area (TPSA) is 56.1 Å². The van der Waals surface area contributed by atoms with Gasteiger partial charge in [0.05, 0.1) is 11.4 Å². The van der Waals surface area contributed by atoms with E-state index in [2.05, 4.69) is 5.32 Å². The van der Waals surface area contributed by atoms with Crippen molar-refractivity contribution in [2.75, 3.05) is 0 Å². The fraction of sp³-hybridized carbons (Fsp3) is 0.304. The minimum absolute atomic E-state index is 0.0309. The summed E-state index contributed by atoms with van der Waals surface area (Å²) in [5, 5.41) is 7.64. The van der Waals surface area contributed by atoms with Gasteiger partial charge in [0.25, 0.3) is 0 Å². The van der Waals surface area contributed by atoms with Crippen LogP contribution in [0, 0.1) is 13.8 Å². The van der Waals surface area contributed by atoms with Crippen LogP contribution in [-0.4, -0.2) is 21.7 Å². The van der Waals surface area contributed by atoms with Crippen LogP contribution in [-0.2, 0) is 11.2 Å². The lowest BCUT2D eigenvalue weighted by Gasteiger charge is -2.12. The number of carbonyl (C=O) groups is 1. The van der Waals surface area contributed by atoms with Crippen molar-refractivity contribution in [3.63, 3.8) is 0 Å². The van der Waals surface area contributed by atoms with E-state index >= 15 is 0 Å². The van der Waals surface area contributed by atoms with Crippen LogP contribution in [0.5, 0.6) is 11.6 Å². The first-order chi connectivity index (χ1) is 13.4. The van der Waals surface area contributed by atoms with Crippen molar-refractivity contribution in [1.29, 1.82) is 0 Å². The van der Waals surface area contributed by atoms with Crippen molar-refractivity contribution in [3.8, 4) is 17.3 Å². The molecule has 0 fully saturated rings. The first-order valence-corrected chi connectivity index (χ1v) is 9.62. The highest BCUT2D eigenvalue weighted by Gasteiger charge is 2.20. The Labute approximate surface area is 166 Å². The highest BCUT2D eigenvalue weighted by molar-refractivity contribution is 5.76. The minimum atomic E-state index is 0.0309. The molecule has 146 valence electrons. The van der Waals surface area contributed by atoms with Crippen LogP contribution in [0.3, 0.4) is 0 Å². The monoisotopic (exact) mass is 377 g/mol. The summed E-state index contributed by atoms with van der Waals surface area (Å²) in [5.41, 5.74) is 3.86. The van der Waals surface area contributed by atoms with Crippen molar-refractivity contribution >= 4 is 5.91 Å². The lowest BCUT2D eigenvalue weighted by Crippen LogP contribution is -2.30. The van der Waals surface area contributed by atoms with Crippen molar-refractivity contribution in [2.45, 2.75) is 46.6 Å². The van der Waals surface area contributed by atoms with E-state index < -0.39 is 0 Å². The zero-order valence-corrected chi connectivity index (χ0v) is 16.9. The number of hydrogen-bond acceptors (Lipinski definition) is 3. The van der Waals surface area contributed by atoms with Crippen LogP contribution in [0.15, 0.2) is 54.6 Å². The summed E-state index contributed by atoms with van der Waals surface area (Å²) in [7, 11) is 0. The lowest BCUT2D eigenvalue weighted by atomic mass is 10.1. The molecule has 0 saturated heterocycles. The Morgan fingerprint density at radius 3 is 2.54 bits per heavy atom. The van der Waals surface area contributed by atoms with E-state index in [4.69, 9.17) is 9.84 Å².